The van der Waals surface area contributed by atoms with E-state index in [9.17, 15) is 19.2 Å². The fourth-order valence-electron chi connectivity index (χ4n) is 7.02. The summed E-state index contributed by atoms with van der Waals surface area (Å²) in [7, 11) is 0. The molecule has 244 valence electrons. The lowest BCUT2D eigenvalue weighted by molar-refractivity contribution is -0.175. The second-order valence-electron chi connectivity index (χ2n) is 13.3. The van der Waals surface area contributed by atoms with Gasteiger partial charge in [0.1, 0.15) is 13.2 Å². The summed E-state index contributed by atoms with van der Waals surface area (Å²) in [6.45, 7) is -0.164. The van der Waals surface area contributed by atoms with Gasteiger partial charge in [0.15, 0.2) is 12.2 Å². The first kappa shape index (κ1) is 33.7. The van der Waals surface area contributed by atoms with Crippen LogP contribution in [0.3, 0.4) is 0 Å². The van der Waals surface area contributed by atoms with Crippen LogP contribution in [0.25, 0.3) is 0 Å². The Labute approximate surface area is 257 Å². The van der Waals surface area contributed by atoms with Crippen LogP contribution < -0.4 is 0 Å². The van der Waals surface area contributed by atoms with E-state index in [1.165, 1.54) is 0 Å². The van der Waals surface area contributed by atoms with Crippen LogP contribution in [0.2, 0.25) is 0 Å². The quantitative estimate of drug-likeness (QED) is 0.168. The molecule has 0 radical (unpaired) electrons. The van der Waals surface area contributed by atoms with Gasteiger partial charge in [-0.05, 0) is 51.4 Å². The van der Waals surface area contributed by atoms with Crippen LogP contribution in [0.4, 0.5) is 0 Å². The fourth-order valence-corrected chi connectivity index (χ4v) is 7.02. The van der Waals surface area contributed by atoms with Crippen molar-refractivity contribution in [3.8, 4) is 0 Å². The Balaban J connectivity index is 1.32. The molecule has 4 aliphatic carbocycles. The van der Waals surface area contributed by atoms with Crippen molar-refractivity contribution < 1.29 is 42.9 Å². The molecule has 4 fully saturated rings. The highest BCUT2D eigenvalue weighted by Gasteiger charge is 2.31. The zero-order valence-corrected chi connectivity index (χ0v) is 26.1. The van der Waals surface area contributed by atoms with Gasteiger partial charge in [0.2, 0.25) is 0 Å². The third kappa shape index (κ3) is 11.7. The van der Waals surface area contributed by atoms with Crippen LogP contribution in [-0.4, -0.2) is 62.5 Å². The van der Waals surface area contributed by atoms with Crippen molar-refractivity contribution in [2.75, 3.05) is 26.4 Å². The predicted molar refractivity (Wildman–Crippen MR) is 159 cm³/mol. The number of carbonyl (C=O) groups excluding carboxylic acids is 4. The molecule has 2 unspecified atom stereocenters. The van der Waals surface area contributed by atoms with Crippen molar-refractivity contribution in [1.29, 1.82) is 0 Å². The molecule has 9 nitrogen and oxygen atoms in total. The molecule has 4 rings (SSSR count). The summed E-state index contributed by atoms with van der Waals surface area (Å²) in [5, 5.41) is 0. The van der Waals surface area contributed by atoms with Crippen molar-refractivity contribution in [3.63, 3.8) is 0 Å². The van der Waals surface area contributed by atoms with Gasteiger partial charge in [-0.2, -0.15) is 0 Å². The molecule has 0 amide bonds. The van der Waals surface area contributed by atoms with E-state index in [1.807, 2.05) is 0 Å². The van der Waals surface area contributed by atoms with Crippen LogP contribution in [0.15, 0.2) is 0 Å². The highest BCUT2D eigenvalue weighted by Crippen LogP contribution is 2.28. The zero-order chi connectivity index (χ0) is 30.3. The summed E-state index contributed by atoms with van der Waals surface area (Å²) in [5.41, 5.74) is 0. The normalized spacial score (nSPS) is 22.7. The van der Waals surface area contributed by atoms with Gasteiger partial charge in [-0.25, -0.2) is 0 Å². The van der Waals surface area contributed by atoms with Crippen molar-refractivity contribution in [2.24, 2.45) is 23.7 Å². The Bertz CT molecular complexity index is 795. The van der Waals surface area contributed by atoms with E-state index in [4.69, 9.17) is 23.7 Å². The van der Waals surface area contributed by atoms with E-state index in [0.29, 0.717) is 0 Å². The minimum Gasteiger partial charge on any atom is -0.461 e. The maximum Gasteiger partial charge on any atom is 0.309 e. The van der Waals surface area contributed by atoms with Crippen LogP contribution in [0, 0.1) is 23.7 Å². The van der Waals surface area contributed by atoms with E-state index in [1.54, 1.807) is 0 Å². The molecule has 0 spiro atoms. The van der Waals surface area contributed by atoms with E-state index < -0.39 is 12.2 Å². The number of ether oxygens (including phenoxy) is 5. The van der Waals surface area contributed by atoms with Crippen LogP contribution in [-0.2, 0) is 42.9 Å². The highest BCUT2D eigenvalue weighted by molar-refractivity contribution is 5.74. The maximum atomic E-state index is 13.0. The molecule has 9 heteroatoms. The maximum absolute atomic E-state index is 13.0. The summed E-state index contributed by atoms with van der Waals surface area (Å²) in [6.07, 6.45) is 17.7. The third-order valence-corrected chi connectivity index (χ3v) is 9.75. The van der Waals surface area contributed by atoms with Crippen molar-refractivity contribution in [2.45, 2.75) is 141 Å². The highest BCUT2D eigenvalue weighted by atomic mass is 16.6. The Kier molecular flexibility index (Phi) is 14.6. The molecule has 0 heterocycles. The number of hydrogen-bond donors (Lipinski definition) is 0. The van der Waals surface area contributed by atoms with E-state index in [0.717, 1.165) is 128 Å². The summed E-state index contributed by atoms with van der Waals surface area (Å²) in [5.74, 6) is -1.53. The summed E-state index contributed by atoms with van der Waals surface area (Å²) in [6, 6.07) is 0. The monoisotopic (exact) mass is 606 g/mol. The minimum atomic E-state index is -0.763. The Morgan fingerprint density at radius 2 is 0.674 bits per heavy atom. The topological polar surface area (TPSA) is 114 Å². The summed E-state index contributed by atoms with van der Waals surface area (Å²) >= 11 is 0. The van der Waals surface area contributed by atoms with Crippen LogP contribution in [0.5, 0.6) is 0 Å². The molecular formula is C34H54O9. The molecule has 0 aromatic heterocycles. The Morgan fingerprint density at radius 1 is 0.395 bits per heavy atom. The SMILES string of the molecule is O=C(OCC(COCC(COC(=O)C1CCCCC1)OC(=O)C1CCCCC1)OC(=O)C1CCCCC1)C1CCCCC1. The van der Waals surface area contributed by atoms with Gasteiger partial charge in [0.05, 0.1) is 36.9 Å². The molecule has 0 aliphatic heterocycles. The zero-order valence-electron chi connectivity index (χ0n) is 26.1. The second kappa shape index (κ2) is 18.6. The number of carbonyl (C=O) groups is 4. The van der Waals surface area contributed by atoms with Gasteiger partial charge in [0.25, 0.3) is 0 Å². The molecule has 2 atom stereocenters. The standard InChI is InChI=1S/C34H54O9/c35-31(25-13-5-1-6-14-25)40-23-29(42-33(37)27-17-9-3-10-18-27)21-39-22-30(43-34(38)28-19-11-4-12-20-28)24-41-32(36)26-15-7-2-8-16-26/h25-30H,1-24H2. The molecular weight excluding hydrogens is 552 g/mol. The van der Waals surface area contributed by atoms with Gasteiger partial charge in [-0.1, -0.05) is 77.0 Å². The lowest BCUT2D eigenvalue weighted by atomic mass is 9.89. The molecule has 0 N–H and O–H groups in total. The smallest absolute Gasteiger partial charge is 0.309 e. The van der Waals surface area contributed by atoms with Gasteiger partial charge in [-0.15, -0.1) is 0 Å². The van der Waals surface area contributed by atoms with Crippen LogP contribution in [0.1, 0.15) is 128 Å². The fraction of sp³-hybridized carbons (Fsp3) is 0.882. The lowest BCUT2D eigenvalue weighted by Gasteiger charge is -2.27. The third-order valence-electron chi connectivity index (χ3n) is 9.75. The number of hydrogen-bond acceptors (Lipinski definition) is 9. The summed E-state index contributed by atoms with van der Waals surface area (Å²) in [4.78, 5) is 51.3. The van der Waals surface area contributed by atoms with E-state index in [-0.39, 0.29) is 74.0 Å². The molecule has 43 heavy (non-hydrogen) atoms. The Hall–Kier alpha value is -2.16. The van der Waals surface area contributed by atoms with Crippen LogP contribution >= 0.6 is 0 Å². The first-order valence-electron chi connectivity index (χ1n) is 17.3. The van der Waals surface area contributed by atoms with Crippen molar-refractivity contribution >= 4 is 23.9 Å². The van der Waals surface area contributed by atoms with Gasteiger partial charge >= 0.3 is 23.9 Å². The lowest BCUT2D eigenvalue weighted by Crippen LogP contribution is -2.37. The predicted octanol–water partition coefficient (Wildman–Crippen LogP) is 6.23. The second-order valence-corrected chi connectivity index (χ2v) is 13.3. The minimum absolute atomic E-state index is 0.00947. The summed E-state index contributed by atoms with van der Waals surface area (Å²) < 4.78 is 28.9. The van der Waals surface area contributed by atoms with Gasteiger partial charge in [0, 0.05) is 0 Å². The molecule has 0 aromatic rings. The largest absolute Gasteiger partial charge is 0.461 e. The molecule has 0 bridgehead atoms. The van der Waals surface area contributed by atoms with Crippen molar-refractivity contribution in [3.05, 3.63) is 0 Å². The van der Waals surface area contributed by atoms with Crippen molar-refractivity contribution in [1.82, 2.24) is 0 Å². The molecule has 0 aromatic carbocycles. The average molecular weight is 607 g/mol. The van der Waals surface area contributed by atoms with E-state index in [2.05, 4.69) is 0 Å². The molecule has 0 saturated heterocycles. The van der Waals surface area contributed by atoms with Gasteiger partial charge in [-0.3, -0.25) is 19.2 Å². The first-order chi connectivity index (χ1) is 21.0. The Morgan fingerprint density at radius 3 is 0.977 bits per heavy atom. The molecule has 4 aliphatic rings. The first-order valence-corrected chi connectivity index (χ1v) is 17.3. The van der Waals surface area contributed by atoms with Gasteiger partial charge < -0.3 is 23.7 Å². The molecule has 4 saturated carbocycles. The number of esters is 4. The number of rotatable bonds is 14. The van der Waals surface area contributed by atoms with E-state index >= 15 is 0 Å². The average Bonchev–Trinajstić information content (AvgIpc) is 3.07.